The molecule has 0 aromatic heterocycles. The van der Waals surface area contributed by atoms with Gasteiger partial charge >= 0.3 is 0 Å². The molecule has 2 N–H and O–H groups in total. The van der Waals surface area contributed by atoms with Crippen molar-refractivity contribution >= 4 is 0 Å². The van der Waals surface area contributed by atoms with Crippen LogP contribution in [0.2, 0.25) is 0 Å². The highest BCUT2D eigenvalue weighted by molar-refractivity contribution is 4.56. The molecule has 0 saturated heterocycles. The first-order valence-corrected chi connectivity index (χ1v) is 8.01. The minimum Gasteiger partial charge on any atom is -0.331 e. The van der Waals surface area contributed by atoms with Gasteiger partial charge in [-0.05, 0) is 19.4 Å². The first-order chi connectivity index (χ1) is 9.66. The lowest BCUT2D eigenvalue weighted by Gasteiger charge is -2.28. The Morgan fingerprint density at radius 1 is 0.700 bits per heavy atom. The third kappa shape index (κ3) is 12.9. The van der Waals surface area contributed by atoms with Crippen molar-refractivity contribution in [1.29, 1.82) is 0 Å². The fourth-order valence-electron chi connectivity index (χ4n) is 1.85. The van der Waals surface area contributed by atoms with E-state index >= 15 is 0 Å². The van der Waals surface area contributed by atoms with Gasteiger partial charge in [-0.25, -0.2) is 0 Å². The number of methoxy groups -OCH3 is 3. The topological polar surface area (TPSA) is 53.7 Å². The zero-order valence-corrected chi connectivity index (χ0v) is 14.4. The average Bonchev–Trinajstić information content (AvgIpc) is 2.51. The molecule has 0 spiro atoms. The van der Waals surface area contributed by atoms with Crippen LogP contribution in [-0.2, 0) is 14.2 Å². The van der Waals surface area contributed by atoms with Gasteiger partial charge in [0.1, 0.15) is 0 Å². The number of hydrogen-bond donors (Lipinski definition) is 1. The van der Waals surface area contributed by atoms with Gasteiger partial charge in [0.15, 0.2) is 0 Å². The second kappa shape index (κ2) is 16.9. The van der Waals surface area contributed by atoms with Crippen LogP contribution in [0.3, 0.4) is 0 Å². The van der Waals surface area contributed by atoms with Gasteiger partial charge in [-0.3, -0.25) is 0 Å². The lowest BCUT2D eigenvalue weighted by Crippen LogP contribution is -2.35. The fourth-order valence-corrected chi connectivity index (χ4v) is 1.85. The Kier molecular flexibility index (Phi) is 18.7. The summed E-state index contributed by atoms with van der Waals surface area (Å²) in [5, 5.41) is 0. The number of nitrogens with two attached hydrogens (primary N) is 1. The van der Waals surface area contributed by atoms with Crippen molar-refractivity contribution in [2.45, 2.75) is 77.6 Å². The van der Waals surface area contributed by atoms with E-state index in [2.05, 4.69) is 13.8 Å². The van der Waals surface area contributed by atoms with Crippen LogP contribution in [0.15, 0.2) is 0 Å². The highest BCUT2D eigenvalue weighted by atomic mass is 16.9. The van der Waals surface area contributed by atoms with E-state index < -0.39 is 5.97 Å². The molecule has 0 radical (unpaired) electrons. The molecule has 0 aliphatic carbocycles. The van der Waals surface area contributed by atoms with Crippen molar-refractivity contribution in [2.75, 3.05) is 27.9 Å². The molecule has 0 saturated carbocycles. The van der Waals surface area contributed by atoms with E-state index in [-0.39, 0.29) is 0 Å². The number of ether oxygens (including phenoxy) is 3. The minimum atomic E-state index is -0.830. The summed E-state index contributed by atoms with van der Waals surface area (Å²) in [4.78, 5) is 0. The normalized spacial score (nSPS) is 11.1. The molecule has 0 atom stereocenters. The molecule has 4 nitrogen and oxygen atoms in total. The van der Waals surface area contributed by atoms with Crippen LogP contribution < -0.4 is 5.73 Å². The average molecular weight is 291 g/mol. The van der Waals surface area contributed by atoms with Crippen molar-refractivity contribution in [1.82, 2.24) is 0 Å². The van der Waals surface area contributed by atoms with Crippen molar-refractivity contribution in [3.05, 3.63) is 0 Å². The number of unbranched alkanes of at least 4 members (excludes halogenated alkanes) is 6. The van der Waals surface area contributed by atoms with Gasteiger partial charge in [-0.2, -0.15) is 0 Å². The number of hydrogen-bond acceptors (Lipinski definition) is 4. The molecule has 0 aromatic rings. The highest BCUT2D eigenvalue weighted by Crippen LogP contribution is 2.21. The van der Waals surface area contributed by atoms with E-state index in [4.69, 9.17) is 19.9 Å². The standard InChI is InChI=1S/C13H28O3.C3H9N/c1-5-6-7-8-9-10-11-12-13(14-2,15-3)16-4;1-2-3-4/h5-12H2,1-4H3;2-4H2,1H3. The Balaban J connectivity index is 0. The molecule has 0 unspecified atom stereocenters. The Morgan fingerprint density at radius 3 is 1.45 bits per heavy atom. The minimum absolute atomic E-state index is 0.796. The predicted octanol–water partition coefficient (Wildman–Crippen LogP) is 4.08. The first kappa shape index (κ1) is 22.1. The molecule has 4 heteroatoms. The van der Waals surface area contributed by atoms with Crippen molar-refractivity contribution in [2.24, 2.45) is 5.73 Å². The van der Waals surface area contributed by atoms with Crippen molar-refractivity contribution in [3.8, 4) is 0 Å². The fraction of sp³-hybridized carbons (Fsp3) is 1.00. The zero-order valence-electron chi connectivity index (χ0n) is 14.4. The van der Waals surface area contributed by atoms with E-state index in [0.717, 1.165) is 25.8 Å². The molecular weight excluding hydrogens is 254 g/mol. The van der Waals surface area contributed by atoms with Crippen LogP contribution in [0, 0.1) is 0 Å². The lowest BCUT2D eigenvalue weighted by molar-refractivity contribution is -0.355. The summed E-state index contributed by atoms with van der Waals surface area (Å²) in [5.41, 5.74) is 5.03. The summed E-state index contributed by atoms with van der Waals surface area (Å²) in [6.07, 6.45) is 10.9. The number of rotatable bonds is 12. The van der Waals surface area contributed by atoms with E-state index in [1.807, 2.05) is 0 Å². The summed E-state index contributed by atoms with van der Waals surface area (Å²) in [7, 11) is 4.86. The SMILES string of the molecule is CCCCCCCCCC(OC)(OC)OC.CCCN. The Bertz CT molecular complexity index is 163. The van der Waals surface area contributed by atoms with Gasteiger partial charge in [0, 0.05) is 27.8 Å². The van der Waals surface area contributed by atoms with Crippen LogP contribution in [0.1, 0.15) is 71.6 Å². The summed E-state index contributed by atoms with van der Waals surface area (Å²) >= 11 is 0. The van der Waals surface area contributed by atoms with E-state index in [9.17, 15) is 0 Å². The van der Waals surface area contributed by atoms with Crippen molar-refractivity contribution in [3.63, 3.8) is 0 Å². The van der Waals surface area contributed by atoms with Crippen LogP contribution in [0.25, 0.3) is 0 Å². The molecule has 20 heavy (non-hydrogen) atoms. The second-order valence-electron chi connectivity index (χ2n) is 4.96. The van der Waals surface area contributed by atoms with Crippen LogP contribution in [0.4, 0.5) is 0 Å². The summed E-state index contributed by atoms with van der Waals surface area (Å²) in [6, 6.07) is 0. The molecular formula is C16H37NO3. The maximum atomic E-state index is 5.24. The quantitative estimate of drug-likeness (QED) is 0.435. The smallest absolute Gasteiger partial charge is 0.282 e. The summed E-state index contributed by atoms with van der Waals surface area (Å²) in [5.74, 6) is -0.830. The van der Waals surface area contributed by atoms with Gasteiger partial charge in [0.05, 0.1) is 0 Å². The van der Waals surface area contributed by atoms with Crippen LogP contribution >= 0.6 is 0 Å². The Morgan fingerprint density at radius 2 is 1.10 bits per heavy atom. The van der Waals surface area contributed by atoms with Gasteiger partial charge in [0.2, 0.25) is 0 Å². The van der Waals surface area contributed by atoms with Crippen LogP contribution in [0.5, 0.6) is 0 Å². The van der Waals surface area contributed by atoms with Crippen molar-refractivity contribution < 1.29 is 14.2 Å². The Labute approximate surface area is 126 Å². The highest BCUT2D eigenvalue weighted by Gasteiger charge is 2.28. The molecule has 0 heterocycles. The molecule has 0 aliphatic rings. The molecule has 0 amide bonds. The molecule has 0 rings (SSSR count). The maximum Gasteiger partial charge on any atom is 0.282 e. The summed E-state index contributed by atoms with van der Waals surface area (Å²) < 4.78 is 15.7. The van der Waals surface area contributed by atoms with Gasteiger partial charge < -0.3 is 19.9 Å². The second-order valence-corrected chi connectivity index (χ2v) is 4.96. The largest absolute Gasteiger partial charge is 0.331 e. The van der Waals surface area contributed by atoms with Gasteiger partial charge in [0.25, 0.3) is 5.97 Å². The van der Waals surface area contributed by atoms with E-state index in [1.54, 1.807) is 21.3 Å². The zero-order chi connectivity index (χ0) is 15.7. The third-order valence-corrected chi connectivity index (χ3v) is 3.31. The lowest BCUT2D eigenvalue weighted by atomic mass is 10.1. The molecule has 0 fully saturated rings. The third-order valence-electron chi connectivity index (χ3n) is 3.31. The predicted molar refractivity (Wildman–Crippen MR) is 85.7 cm³/mol. The van der Waals surface area contributed by atoms with E-state index in [1.165, 1.54) is 38.5 Å². The Hall–Kier alpha value is -0.160. The first-order valence-electron chi connectivity index (χ1n) is 8.01. The molecule has 124 valence electrons. The summed E-state index contributed by atoms with van der Waals surface area (Å²) in [6.45, 7) is 5.12. The monoisotopic (exact) mass is 291 g/mol. The molecule has 0 aliphatic heterocycles. The molecule has 0 bridgehead atoms. The van der Waals surface area contributed by atoms with Gasteiger partial charge in [-0.1, -0.05) is 52.4 Å². The van der Waals surface area contributed by atoms with Gasteiger partial charge in [-0.15, -0.1) is 0 Å². The molecule has 0 aromatic carbocycles. The maximum absolute atomic E-state index is 5.24. The van der Waals surface area contributed by atoms with E-state index in [0.29, 0.717) is 0 Å². The van der Waals surface area contributed by atoms with Crippen LogP contribution in [-0.4, -0.2) is 33.8 Å².